The van der Waals surface area contributed by atoms with Gasteiger partial charge in [0, 0.05) is 30.3 Å². The quantitative estimate of drug-likeness (QED) is 0.721. The number of alkyl halides is 4. The molecule has 0 fully saturated rings. The minimum absolute atomic E-state index is 0.252. The van der Waals surface area contributed by atoms with E-state index in [1.807, 2.05) is 6.08 Å². The summed E-state index contributed by atoms with van der Waals surface area (Å²) in [6.07, 6.45) is -1.78. The summed E-state index contributed by atoms with van der Waals surface area (Å²) >= 11 is 3.32. The van der Waals surface area contributed by atoms with Gasteiger partial charge in [0.05, 0.1) is 5.56 Å². The fraction of sp³-hybridized carbons (Fsp3) is 0.357. The summed E-state index contributed by atoms with van der Waals surface area (Å²) in [5.41, 5.74) is 0.583. The Labute approximate surface area is 129 Å². The van der Waals surface area contributed by atoms with Gasteiger partial charge in [-0.25, -0.2) is 4.79 Å². The van der Waals surface area contributed by atoms with Crippen LogP contribution in [-0.4, -0.2) is 29.9 Å². The molecule has 1 aliphatic rings. The zero-order chi connectivity index (χ0) is 15.6. The number of hydrogen-bond acceptors (Lipinski definition) is 1. The Bertz CT molecular complexity index is 554. The normalized spacial score (nSPS) is 16.8. The lowest BCUT2D eigenvalue weighted by Gasteiger charge is -2.26. The van der Waals surface area contributed by atoms with E-state index in [1.54, 1.807) is 7.05 Å². The number of allylic oxidation sites excluding steroid dienone is 1. The maximum Gasteiger partial charge on any atom is 0.416 e. The summed E-state index contributed by atoms with van der Waals surface area (Å²) in [4.78, 5) is 15.3. The predicted molar refractivity (Wildman–Crippen MR) is 78.4 cm³/mol. The molecule has 1 heterocycles. The number of rotatable bonds is 2. The molecule has 1 aliphatic heterocycles. The number of hydrogen-bond donors (Lipinski definition) is 0. The minimum atomic E-state index is -4.37. The number of carbonyl (C=O) groups excluding carboxylic acids is 1. The van der Waals surface area contributed by atoms with Crippen molar-refractivity contribution in [2.75, 3.05) is 23.8 Å². The average molecular weight is 363 g/mol. The highest BCUT2D eigenvalue weighted by molar-refractivity contribution is 9.09. The van der Waals surface area contributed by atoms with Gasteiger partial charge in [0.1, 0.15) is 0 Å². The molecule has 3 nitrogen and oxygen atoms in total. The molecule has 0 aromatic heterocycles. The molecular weight excluding hydrogens is 349 g/mol. The summed E-state index contributed by atoms with van der Waals surface area (Å²) in [5, 5.41) is 0.552. The SMILES string of the molecule is CN1C(=O)N(c2ccc(C(F)(F)F)cc2)CCC=C1CBr. The first kappa shape index (κ1) is 15.9. The van der Waals surface area contributed by atoms with E-state index in [0.29, 0.717) is 24.0 Å². The Morgan fingerprint density at radius 2 is 1.86 bits per heavy atom. The van der Waals surface area contributed by atoms with Crippen molar-refractivity contribution in [3.05, 3.63) is 41.6 Å². The Morgan fingerprint density at radius 1 is 1.24 bits per heavy atom. The highest BCUT2D eigenvalue weighted by Gasteiger charge is 2.31. The summed E-state index contributed by atoms with van der Waals surface area (Å²) < 4.78 is 37.7. The van der Waals surface area contributed by atoms with Crippen molar-refractivity contribution in [3.63, 3.8) is 0 Å². The molecule has 7 heteroatoms. The number of benzene rings is 1. The van der Waals surface area contributed by atoms with E-state index in [9.17, 15) is 18.0 Å². The first-order chi connectivity index (χ1) is 9.84. The highest BCUT2D eigenvalue weighted by Crippen LogP contribution is 2.31. The Kier molecular flexibility index (Phi) is 4.61. The number of carbonyl (C=O) groups is 1. The second kappa shape index (κ2) is 6.09. The van der Waals surface area contributed by atoms with Gasteiger partial charge in [-0.15, -0.1) is 0 Å². The van der Waals surface area contributed by atoms with Gasteiger partial charge in [0.25, 0.3) is 0 Å². The molecule has 2 rings (SSSR count). The molecule has 1 aromatic carbocycles. The van der Waals surface area contributed by atoms with Gasteiger partial charge < -0.3 is 4.90 Å². The van der Waals surface area contributed by atoms with Crippen LogP contribution in [0.4, 0.5) is 23.7 Å². The van der Waals surface area contributed by atoms with Gasteiger partial charge in [-0.1, -0.05) is 22.0 Å². The Balaban J connectivity index is 2.24. The molecule has 0 saturated heterocycles. The van der Waals surface area contributed by atoms with Gasteiger partial charge in [-0.3, -0.25) is 4.90 Å². The molecule has 21 heavy (non-hydrogen) atoms. The summed E-state index contributed by atoms with van der Waals surface area (Å²) in [5.74, 6) is 0. The van der Waals surface area contributed by atoms with Crippen LogP contribution >= 0.6 is 15.9 Å². The van der Waals surface area contributed by atoms with Crippen LogP contribution in [0.3, 0.4) is 0 Å². The third kappa shape index (κ3) is 3.40. The topological polar surface area (TPSA) is 23.6 Å². The van der Waals surface area contributed by atoms with Gasteiger partial charge in [0.2, 0.25) is 0 Å². The lowest BCUT2D eigenvalue weighted by atomic mass is 10.2. The molecule has 114 valence electrons. The van der Waals surface area contributed by atoms with Crippen LogP contribution in [0.25, 0.3) is 0 Å². The van der Waals surface area contributed by atoms with Gasteiger partial charge in [0.15, 0.2) is 0 Å². The van der Waals surface area contributed by atoms with E-state index in [2.05, 4.69) is 15.9 Å². The van der Waals surface area contributed by atoms with Crippen molar-refractivity contribution < 1.29 is 18.0 Å². The zero-order valence-corrected chi connectivity index (χ0v) is 12.9. The highest BCUT2D eigenvalue weighted by atomic mass is 79.9. The molecule has 2 amide bonds. The minimum Gasteiger partial charge on any atom is -0.300 e. The van der Waals surface area contributed by atoms with E-state index >= 15 is 0 Å². The molecule has 0 saturated carbocycles. The molecule has 0 unspecified atom stereocenters. The second-order valence-corrected chi connectivity index (χ2v) is 5.22. The van der Waals surface area contributed by atoms with Gasteiger partial charge in [-0.05, 0) is 30.7 Å². The first-order valence-electron chi connectivity index (χ1n) is 6.32. The number of halogens is 4. The van der Waals surface area contributed by atoms with Crippen molar-refractivity contribution in [2.45, 2.75) is 12.6 Å². The molecule has 0 radical (unpaired) electrons. The van der Waals surface area contributed by atoms with E-state index in [4.69, 9.17) is 0 Å². The zero-order valence-electron chi connectivity index (χ0n) is 11.3. The van der Waals surface area contributed by atoms with Crippen LogP contribution in [-0.2, 0) is 6.18 Å². The third-order valence-corrected chi connectivity index (χ3v) is 3.90. The van der Waals surface area contributed by atoms with E-state index in [0.717, 1.165) is 17.8 Å². The van der Waals surface area contributed by atoms with Gasteiger partial charge in [-0.2, -0.15) is 13.2 Å². The Hall–Kier alpha value is -1.50. The molecule has 0 atom stereocenters. The second-order valence-electron chi connectivity index (χ2n) is 4.66. The molecule has 1 aromatic rings. The number of nitrogens with zero attached hydrogens (tertiary/aromatic N) is 2. The maximum atomic E-state index is 12.6. The molecule has 0 N–H and O–H groups in total. The molecule has 0 spiro atoms. The van der Waals surface area contributed by atoms with Crippen molar-refractivity contribution in [1.82, 2.24) is 4.90 Å². The van der Waals surface area contributed by atoms with Crippen LogP contribution in [0.1, 0.15) is 12.0 Å². The number of urea groups is 1. The Morgan fingerprint density at radius 3 is 2.38 bits per heavy atom. The number of anilines is 1. The summed E-state index contributed by atoms with van der Waals surface area (Å²) in [7, 11) is 1.65. The molecule has 0 aliphatic carbocycles. The van der Waals surface area contributed by atoms with Crippen molar-refractivity contribution in [1.29, 1.82) is 0 Å². The fourth-order valence-corrected chi connectivity index (χ4v) is 2.72. The average Bonchev–Trinajstić information content (AvgIpc) is 2.58. The van der Waals surface area contributed by atoms with E-state index in [-0.39, 0.29) is 6.03 Å². The third-order valence-electron chi connectivity index (χ3n) is 3.32. The number of amides is 2. The standard InChI is InChI=1S/C14H14BrF3N2O/c1-19-12(9-15)3-2-8-20(13(19)21)11-6-4-10(5-7-11)14(16,17)18/h3-7H,2,8-9H2,1H3. The largest absolute Gasteiger partial charge is 0.416 e. The monoisotopic (exact) mass is 362 g/mol. The van der Waals surface area contributed by atoms with Crippen LogP contribution in [0.2, 0.25) is 0 Å². The van der Waals surface area contributed by atoms with Crippen LogP contribution < -0.4 is 4.90 Å². The van der Waals surface area contributed by atoms with Crippen molar-refractivity contribution in [2.24, 2.45) is 0 Å². The molecular formula is C14H14BrF3N2O. The predicted octanol–water partition coefficient (Wildman–Crippen LogP) is 4.25. The maximum absolute atomic E-state index is 12.6. The fourth-order valence-electron chi connectivity index (χ4n) is 2.11. The smallest absolute Gasteiger partial charge is 0.300 e. The lowest BCUT2D eigenvalue weighted by molar-refractivity contribution is -0.137. The van der Waals surface area contributed by atoms with Crippen molar-refractivity contribution in [3.8, 4) is 0 Å². The summed E-state index contributed by atoms with van der Waals surface area (Å²) in [6.45, 7) is 0.436. The first-order valence-corrected chi connectivity index (χ1v) is 7.44. The van der Waals surface area contributed by atoms with E-state index < -0.39 is 11.7 Å². The van der Waals surface area contributed by atoms with Crippen LogP contribution in [0.5, 0.6) is 0 Å². The summed E-state index contributed by atoms with van der Waals surface area (Å²) in [6, 6.07) is 4.39. The van der Waals surface area contributed by atoms with Crippen LogP contribution in [0.15, 0.2) is 36.0 Å². The lowest BCUT2D eigenvalue weighted by Crippen LogP contribution is -2.40. The van der Waals surface area contributed by atoms with Crippen molar-refractivity contribution >= 4 is 27.6 Å². The van der Waals surface area contributed by atoms with Crippen LogP contribution in [0, 0.1) is 0 Å². The van der Waals surface area contributed by atoms with Gasteiger partial charge >= 0.3 is 12.2 Å². The molecule has 0 bridgehead atoms. The van der Waals surface area contributed by atoms with E-state index in [1.165, 1.54) is 21.9 Å².